The summed E-state index contributed by atoms with van der Waals surface area (Å²) >= 11 is 0. The summed E-state index contributed by atoms with van der Waals surface area (Å²) in [7, 11) is 0. The van der Waals surface area contributed by atoms with Crippen LogP contribution in [0, 0.1) is 5.92 Å². The number of hydrogen-bond acceptors (Lipinski definition) is 5. The molecule has 0 atom stereocenters. The van der Waals surface area contributed by atoms with Gasteiger partial charge in [-0.2, -0.15) is 0 Å². The molecular weight excluding hydrogens is 388 g/mol. The molecule has 1 aromatic heterocycles. The van der Waals surface area contributed by atoms with E-state index in [1.165, 1.54) is 0 Å². The van der Waals surface area contributed by atoms with Gasteiger partial charge in [0, 0.05) is 24.0 Å². The van der Waals surface area contributed by atoms with Gasteiger partial charge in [0.05, 0.1) is 24.1 Å². The van der Waals surface area contributed by atoms with E-state index >= 15 is 0 Å². The van der Waals surface area contributed by atoms with Gasteiger partial charge in [-0.25, -0.2) is 4.98 Å². The molecule has 31 heavy (non-hydrogen) atoms. The molecule has 5 heteroatoms. The van der Waals surface area contributed by atoms with Crippen LogP contribution >= 0.6 is 0 Å². The van der Waals surface area contributed by atoms with Crippen molar-refractivity contribution in [1.82, 2.24) is 4.98 Å². The van der Waals surface area contributed by atoms with Gasteiger partial charge in [-0.1, -0.05) is 30.3 Å². The largest absolute Gasteiger partial charge is 0.491 e. The van der Waals surface area contributed by atoms with Crippen LogP contribution in [0.5, 0.6) is 5.75 Å². The van der Waals surface area contributed by atoms with Gasteiger partial charge in [-0.15, -0.1) is 0 Å². The average Bonchev–Trinajstić information content (AvgIpc) is 2.79. The van der Waals surface area contributed by atoms with Gasteiger partial charge in [0.2, 0.25) is 0 Å². The summed E-state index contributed by atoms with van der Waals surface area (Å²) in [4.78, 5) is 19.3. The van der Waals surface area contributed by atoms with E-state index in [2.05, 4.69) is 47.4 Å². The molecule has 1 aliphatic heterocycles. The van der Waals surface area contributed by atoms with E-state index in [0.717, 1.165) is 59.5 Å². The quantitative estimate of drug-likeness (QED) is 0.497. The molecule has 3 aromatic rings. The molecule has 0 spiro atoms. The molecule has 0 bridgehead atoms. The summed E-state index contributed by atoms with van der Waals surface area (Å²) in [6, 6.07) is 18.7. The van der Waals surface area contributed by atoms with E-state index < -0.39 is 0 Å². The number of ether oxygens (including phenoxy) is 2. The van der Waals surface area contributed by atoms with E-state index in [1.807, 2.05) is 32.9 Å². The van der Waals surface area contributed by atoms with Crippen molar-refractivity contribution in [1.29, 1.82) is 0 Å². The van der Waals surface area contributed by atoms with Gasteiger partial charge < -0.3 is 14.4 Å². The first-order chi connectivity index (χ1) is 15.0. The molecule has 0 N–H and O–H groups in total. The number of benzene rings is 2. The Hall–Kier alpha value is -3.08. The van der Waals surface area contributed by atoms with Crippen molar-refractivity contribution in [2.24, 2.45) is 5.92 Å². The van der Waals surface area contributed by atoms with Crippen LogP contribution in [0.2, 0.25) is 0 Å². The molecule has 1 fully saturated rings. The molecule has 0 amide bonds. The summed E-state index contributed by atoms with van der Waals surface area (Å²) in [5.74, 6) is 1.76. The van der Waals surface area contributed by atoms with E-state index in [9.17, 15) is 4.79 Å². The van der Waals surface area contributed by atoms with Crippen LogP contribution in [0.25, 0.3) is 22.0 Å². The van der Waals surface area contributed by atoms with Gasteiger partial charge in [-0.05, 0) is 63.4 Å². The fourth-order valence-electron chi connectivity index (χ4n) is 4.14. The number of esters is 1. The number of piperidine rings is 1. The number of rotatable bonds is 6. The Labute approximate surface area is 184 Å². The molecule has 1 aliphatic rings. The first kappa shape index (κ1) is 21.2. The van der Waals surface area contributed by atoms with Crippen molar-refractivity contribution in [3.63, 3.8) is 0 Å². The van der Waals surface area contributed by atoms with Crippen LogP contribution < -0.4 is 9.64 Å². The zero-order valence-electron chi connectivity index (χ0n) is 18.5. The first-order valence-electron chi connectivity index (χ1n) is 11.1. The van der Waals surface area contributed by atoms with E-state index in [4.69, 9.17) is 14.5 Å². The molecule has 162 valence electrons. The molecule has 0 unspecified atom stereocenters. The van der Waals surface area contributed by atoms with Crippen LogP contribution in [0.15, 0.2) is 54.6 Å². The van der Waals surface area contributed by atoms with Gasteiger partial charge in [0.15, 0.2) is 0 Å². The second-order valence-corrected chi connectivity index (χ2v) is 8.25. The van der Waals surface area contributed by atoms with Crippen molar-refractivity contribution in [3.05, 3.63) is 54.6 Å². The predicted octanol–water partition coefficient (Wildman–Crippen LogP) is 5.47. The molecule has 5 nitrogen and oxygen atoms in total. The van der Waals surface area contributed by atoms with Gasteiger partial charge in [-0.3, -0.25) is 4.79 Å². The Morgan fingerprint density at radius 2 is 1.81 bits per heavy atom. The highest BCUT2D eigenvalue weighted by molar-refractivity contribution is 5.94. The Morgan fingerprint density at radius 3 is 2.48 bits per heavy atom. The lowest BCUT2D eigenvalue weighted by Crippen LogP contribution is -2.37. The van der Waals surface area contributed by atoms with Crippen LogP contribution in [0.1, 0.15) is 33.6 Å². The monoisotopic (exact) mass is 418 g/mol. The SMILES string of the molecule is CCOC(=O)C1CCN(c2ccc3cccc(-c4ccc(OC(C)C)cc4)c3n2)CC1. The predicted molar refractivity (Wildman–Crippen MR) is 125 cm³/mol. The van der Waals surface area contributed by atoms with Gasteiger partial charge in [0.25, 0.3) is 0 Å². The molecule has 2 heterocycles. The molecule has 2 aromatic carbocycles. The van der Waals surface area contributed by atoms with E-state index in [0.29, 0.717) is 6.61 Å². The number of fused-ring (bicyclic) bond motifs is 1. The lowest BCUT2D eigenvalue weighted by molar-refractivity contribution is -0.148. The molecular formula is C26H30N2O3. The average molecular weight is 419 g/mol. The number of pyridine rings is 1. The number of carbonyl (C=O) groups is 1. The highest BCUT2D eigenvalue weighted by Crippen LogP contribution is 2.31. The topological polar surface area (TPSA) is 51.7 Å². The zero-order valence-corrected chi connectivity index (χ0v) is 18.5. The molecule has 0 saturated carbocycles. The summed E-state index contributed by atoms with van der Waals surface area (Å²) < 4.78 is 11.0. The summed E-state index contributed by atoms with van der Waals surface area (Å²) in [5.41, 5.74) is 3.22. The summed E-state index contributed by atoms with van der Waals surface area (Å²) in [6.07, 6.45) is 1.76. The molecule has 4 rings (SSSR count). The Kier molecular flexibility index (Phi) is 6.40. The first-order valence-corrected chi connectivity index (χ1v) is 11.1. The third kappa shape index (κ3) is 4.82. The number of hydrogen-bond donors (Lipinski definition) is 0. The Morgan fingerprint density at radius 1 is 1.06 bits per heavy atom. The van der Waals surface area contributed by atoms with Gasteiger partial charge >= 0.3 is 5.97 Å². The normalized spacial score (nSPS) is 14.8. The minimum Gasteiger partial charge on any atom is -0.491 e. The second-order valence-electron chi connectivity index (χ2n) is 8.25. The van der Waals surface area contributed by atoms with Crippen LogP contribution in [-0.4, -0.2) is 36.8 Å². The molecule has 0 radical (unpaired) electrons. The lowest BCUT2D eigenvalue weighted by Gasteiger charge is -2.31. The standard InChI is InChI=1S/C26H30N2O3/c1-4-30-26(29)21-14-16-28(17-15-21)24-13-10-20-6-5-7-23(25(20)27-24)19-8-11-22(12-9-19)31-18(2)3/h5-13,18,21H,4,14-17H2,1-3H3. The lowest BCUT2D eigenvalue weighted by atomic mass is 9.97. The van der Waals surface area contributed by atoms with E-state index in [-0.39, 0.29) is 18.0 Å². The second kappa shape index (κ2) is 9.38. The van der Waals surface area contributed by atoms with E-state index in [1.54, 1.807) is 0 Å². The molecule has 0 aliphatic carbocycles. The summed E-state index contributed by atoms with van der Waals surface area (Å²) in [6.45, 7) is 7.98. The fourth-order valence-corrected chi connectivity index (χ4v) is 4.14. The number of carbonyl (C=O) groups excluding carboxylic acids is 1. The Bertz CT molecular complexity index is 1040. The van der Waals surface area contributed by atoms with Crippen LogP contribution in [0.3, 0.4) is 0 Å². The molecule has 1 saturated heterocycles. The highest BCUT2D eigenvalue weighted by Gasteiger charge is 2.26. The maximum Gasteiger partial charge on any atom is 0.309 e. The number of aromatic nitrogens is 1. The van der Waals surface area contributed by atoms with Crippen molar-refractivity contribution in [3.8, 4) is 16.9 Å². The van der Waals surface area contributed by atoms with Crippen molar-refractivity contribution >= 4 is 22.7 Å². The smallest absolute Gasteiger partial charge is 0.309 e. The zero-order chi connectivity index (χ0) is 21.8. The van der Waals surface area contributed by atoms with Gasteiger partial charge in [0.1, 0.15) is 11.6 Å². The number of para-hydroxylation sites is 1. The maximum atomic E-state index is 12.0. The van der Waals surface area contributed by atoms with Crippen molar-refractivity contribution in [2.75, 3.05) is 24.6 Å². The maximum absolute atomic E-state index is 12.0. The Balaban J connectivity index is 1.57. The third-order valence-corrected chi connectivity index (χ3v) is 5.68. The van der Waals surface area contributed by atoms with Crippen LogP contribution in [0.4, 0.5) is 5.82 Å². The highest BCUT2D eigenvalue weighted by atomic mass is 16.5. The minimum absolute atomic E-state index is 0.00112. The minimum atomic E-state index is -0.0687. The fraction of sp³-hybridized carbons (Fsp3) is 0.385. The van der Waals surface area contributed by atoms with Crippen molar-refractivity contribution in [2.45, 2.75) is 39.7 Å². The summed E-state index contributed by atoms with van der Waals surface area (Å²) in [5, 5.41) is 1.12. The van der Waals surface area contributed by atoms with Crippen LogP contribution in [-0.2, 0) is 9.53 Å². The number of nitrogens with zero attached hydrogens (tertiary/aromatic N) is 2. The number of anilines is 1. The van der Waals surface area contributed by atoms with Crippen molar-refractivity contribution < 1.29 is 14.3 Å². The third-order valence-electron chi connectivity index (χ3n) is 5.68.